The van der Waals surface area contributed by atoms with E-state index in [0.717, 1.165) is 76.2 Å². The first kappa shape index (κ1) is 39.2. The van der Waals surface area contributed by atoms with Crippen LogP contribution >= 0.6 is 11.8 Å². The van der Waals surface area contributed by atoms with Gasteiger partial charge in [0.2, 0.25) is 17.7 Å². The molecule has 55 heavy (non-hydrogen) atoms. The number of amides is 4. The number of phenols is 2. The van der Waals surface area contributed by atoms with Crippen molar-refractivity contribution < 1.29 is 34.1 Å². The number of unbranched alkanes of at least 4 members (excludes halogenated alkanes) is 3. The van der Waals surface area contributed by atoms with Crippen LogP contribution in [0.1, 0.15) is 90.9 Å². The minimum absolute atomic E-state index is 0.00316. The second-order valence-electron chi connectivity index (χ2n) is 13.7. The largest absolute Gasteiger partial charge is 0.508 e. The molecule has 1 atom stereocenters. The van der Waals surface area contributed by atoms with Crippen LogP contribution in [0.15, 0.2) is 95.9 Å². The zero-order valence-corrected chi connectivity index (χ0v) is 31.8. The summed E-state index contributed by atoms with van der Waals surface area (Å²) in [5.74, 6) is 1.14. The van der Waals surface area contributed by atoms with Crippen LogP contribution in [0, 0.1) is 0 Å². The molecule has 0 saturated carbocycles. The summed E-state index contributed by atoms with van der Waals surface area (Å²) in [5, 5.41) is 25.0. The quantitative estimate of drug-likeness (QED) is 0.0376. The van der Waals surface area contributed by atoms with E-state index in [4.69, 9.17) is 4.74 Å². The molecule has 286 valence electrons. The minimum Gasteiger partial charge on any atom is -0.508 e. The number of hydrogen-bond acceptors (Lipinski definition) is 8. The van der Waals surface area contributed by atoms with E-state index >= 15 is 0 Å². The molecule has 2 aliphatic heterocycles. The molecule has 2 heterocycles. The molecule has 6 rings (SSSR count). The van der Waals surface area contributed by atoms with E-state index in [1.165, 1.54) is 0 Å². The summed E-state index contributed by atoms with van der Waals surface area (Å²) in [6.07, 6.45) is 5.52. The van der Waals surface area contributed by atoms with Gasteiger partial charge in [-0.3, -0.25) is 24.5 Å². The lowest BCUT2D eigenvalue weighted by Gasteiger charge is -2.29. The second-order valence-corrected chi connectivity index (χ2v) is 14.9. The molecule has 1 unspecified atom stereocenters. The number of ether oxygens (including phenoxy) is 1. The van der Waals surface area contributed by atoms with Gasteiger partial charge in [-0.2, -0.15) is 0 Å². The number of benzene rings is 4. The number of carbonyl (C=O) groups excluding carboxylic acids is 4. The van der Waals surface area contributed by atoms with Gasteiger partial charge in [0.15, 0.2) is 0 Å². The number of nitrogens with zero attached hydrogens (tertiary/aromatic N) is 1. The van der Waals surface area contributed by atoms with Gasteiger partial charge in [0.25, 0.3) is 5.91 Å². The molecule has 4 amide bonds. The Morgan fingerprint density at radius 1 is 0.855 bits per heavy atom. The normalized spacial score (nSPS) is 15.7. The van der Waals surface area contributed by atoms with Gasteiger partial charge in [-0.1, -0.05) is 62.2 Å². The third-order valence-corrected chi connectivity index (χ3v) is 11.1. The molecular formula is C44H47N3O7S. The predicted octanol–water partition coefficient (Wildman–Crippen LogP) is 7.47. The molecule has 4 aromatic carbocycles. The number of fused-ring (bicyclic) bond motifs is 1. The van der Waals surface area contributed by atoms with E-state index in [9.17, 15) is 29.4 Å². The number of thioether (sulfide) groups is 1. The van der Waals surface area contributed by atoms with Crippen LogP contribution in [0.3, 0.4) is 0 Å². The van der Waals surface area contributed by atoms with Crippen molar-refractivity contribution in [1.82, 2.24) is 15.5 Å². The van der Waals surface area contributed by atoms with Crippen molar-refractivity contribution >= 4 is 46.5 Å². The fourth-order valence-corrected chi connectivity index (χ4v) is 8.20. The number of phenolic OH excluding ortho intramolecular Hbond substituents is 2. The number of imide groups is 1. The molecule has 0 spiro atoms. The molecule has 0 aromatic heterocycles. The Bertz CT molecular complexity index is 2030. The topological polar surface area (TPSA) is 145 Å². The average molecular weight is 762 g/mol. The first-order chi connectivity index (χ1) is 26.7. The van der Waals surface area contributed by atoms with E-state index in [0.29, 0.717) is 43.9 Å². The fourth-order valence-electron chi connectivity index (χ4n) is 7.11. The molecule has 4 N–H and O–H groups in total. The second kappa shape index (κ2) is 18.7. The summed E-state index contributed by atoms with van der Waals surface area (Å²) in [6, 6.07) is 27.3. The number of allylic oxidation sites excluding steroid dienone is 1. The Morgan fingerprint density at radius 3 is 2.18 bits per heavy atom. The zero-order chi connectivity index (χ0) is 38.7. The first-order valence-corrected chi connectivity index (χ1v) is 19.9. The standard InChI is InChI=1S/C44H47N3O7S/c1-2-35(29-11-17-32(48)18-12-29)42(30-13-19-33(49)20-14-30)31-15-21-34(22-16-31)54-26-25-45-40(50)10-5-3-4-6-27-55-39-9-7-8-36-37(39)28-47(44(36)53)38-23-24-41(51)46-43(38)52/h7-9,11-22,38,48-49H,2-6,10,23-28H2,1H3,(H,45,50)(H,46,51,52)/b42-35-. The fraction of sp³-hybridized carbons (Fsp3) is 0.318. The van der Waals surface area contributed by atoms with Crippen LogP contribution < -0.4 is 15.4 Å². The van der Waals surface area contributed by atoms with Gasteiger partial charge in [0.05, 0.1) is 6.54 Å². The smallest absolute Gasteiger partial charge is 0.255 e. The lowest BCUT2D eigenvalue weighted by atomic mass is 9.88. The maximum absolute atomic E-state index is 13.1. The Kier molecular flexibility index (Phi) is 13.3. The maximum Gasteiger partial charge on any atom is 0.255 e. The summed E-state index contributed by atoms with van der Waals surface area (Å²) < 4.78 is 5.94. The molecule has 11 heteroatoms. The van der Waals surface area contributed by atoms with Crippen molar-refractivity contribution in [3.05, 3.63) is 119 Å². The number of rotatable bonds is 17. The SMILES string of the molecule is CC/C(=C(\c1ccc(O)cc1)c1ccc(OCCNC(=O)CCCCCCSc2cccc3c2CN(C2CCC(=O)NC2=O)C3=O)cc1)c1ccc(O)cc1. The molecule has 1 fully saturated rings. The van der Waals surface area contributed by atoms with Crippen molar-refractivity contribution in [1.29, 1.82) is 0 Å². The van der Waals surface area contributed by atoms with Crippen molar-refractivity contribution in [2.75, 3.05) is 18.9 Å². The Morgan fingerprint density at radius 2 is 1.51 bits per heavy atom. The molecule has 2 aliphatic rings. The van der Waals surface area contributed by atoms with Crippen LogP contribution in [0.4, 0.5) is 0 Å². The average Bonchev–Trinajstić information content (AvgIpc) is 3.52. The summed E-state index contributed by atoms with van der Waals surface area (Å²) in [6.45, 7) is 3.22. The number of hydrogen-bond donors (Lipinski definition) is 4. The molecular weight excluding hydrogens is 715 g/mol. The zero-order valence-electron chi connectivity index (χ0n) is 31.0. The van der Waals surface area contributed by atoms with Crippen LogP contribution in [0.25, 0.3) is 11.1 Å². The molecule has 1 saturated heterocycles. The summed E-state index contributed by atoms with van der Waals surface area (Å²) in [4.78, 5) is 52.1. The van der Waals surface area contributed by atoms with E-state index < -0.39 is 11.9 Å². The van der Waals surface area contributed by atoms with E-state index in [1.807, 2.05) is 60.7 Å². The first-order valence-electron chi connectivity index (χ1n) is 18.9. The molecule has 0 aliphatic carbocycles. The van der Waals surface area contributed by atoms with Gasteiger partial charge < -0.3 is 25.2 Å². The lowest BCUT2D eigenvalue weighted by Crippen LogP contribution is -2.52. The summed E-state index contributed by atoms with van der Waals surface area (Å²) >= 11 is 1.71. The Labute approximate surface area is 326 Å². The highest BCUT2D eigenvalue weighted by Gasteiger charge is 2.39. The van der Waals surface area contributed by atoms with Crippen LogP contribution in [-0.4, -0.2) is 63.7 Å². The number of piperidine rings is 1. The van der Waals surface area contributed by atoms with E-state index in [2.05, 4.69) is 17.6 Å². The Balaban J connectivity index is 0.898. The molecule has 4 aromatic rings. The number of carbonyl (C=O) groups is 4. The maximum atomic E-state index is 13.1. The van der Waals surface area contributed by atoms with Gasteiger partial charge in [0, 0.05) is 29.8 Å². The lowest BCUT2D eigenvalue weighted by molar-refractivity contribution is -0.137. The number of aromatic hydroxyl groups is 2. The van der Waals surface area contributed by atoms with Gasteiger partial charge >= 0.3 is 0 Å². The van der Waals surface area contributed by atoms with Crippen molar-refractivity contribution in [3.8, 4) is 17.2 Å². The highest BCUT2D eigenvalue weighted by Crippen LogP contribution is 2.37. The van der Waals surface area contributed by atoms with Gasteiger partial charge in [0.1, 0.15) is 29.9 Å². The monoisotopic (exact) mass is 761 g/mol. The van der Waals surface area contributed by atoms with Crippen LogP contribution in [0.5, 0.6) is 17.2 Å². The predicted molar refractivity (Wildman–Crippen MR) is 214 cm³/mol. The summed E-state index contributed by atoms with van der Waals surface area (Å²) in [5.41, 5.74) is 6.68. The Hall–Kier alpha value is -5.55. The summed E-state index contributed by atoms with van der Waals surface area (Å²) in [7, 11) is 0. The molecule has 0 bridgehead atoms. The van der Waals surface area contributed by atoms with E-state index in [-0.39, 0.29) is 35.6 Å². The van der Waals surface area contributed by atoms with Gasteiger partial charge in [-0.25, -0.2) is 0 Å². The molecule has 10 nitrogen and oxygen atoms in total. The minimum atomic E-state index is -0.618. The van der Waals surface area contributed by atoms with Crippen molar-refractivity contribution in [2.24, 2.45) is 0 Å². The number of nitrogens with one attached hydrogen (secondary N) is 2. The van der Waals surface area contributed by atoms with Crippen molar-refractivity contribution in [3.63, 3.8) is 0 Å². The third-order valence-electron chi connectivity index (χ3n) is 9.96. The van der Waals surface area contributed by atoms with Crippen LogP contribution in [0.2, 0.25) is 0 Å². The third kappa shape index (κ3) is 9.96. The molecule has 0 radical (unpaired) electrons. The van der Waals surface area contributed by atoms with Crippen LogP contribution in [-0.2, 0) is 20.9 Å². The highest BCUT2D eigenvalue weighted by molar-refractivity contribution is 7.99. The van der Waals surface area contributed by atoms with E-state index in [1.54, 1.807) is 47.0 Å². The van der Waals surface area contributed by atoms with Crippen molar-refractivity contribution in [2.45, 2.75) is 75.8 Å². The van der Waals surface area contributed by atoms with Gasteiger partial charge in [-0.15, -0.1) is 11.8 Å². The van der Waals surface area contributed by atoms with Gasteiger partial charge in [-0.05, 0) is 113 Å². The highest BCUT2D eigenvalue weighted by atomic mass is 32.2.